The van der Waals surface area contributed by atoms with Crippen LogP contribution in [-0.2, 0) is 16.1 Å². The molecule has 0 radical (unpaired) electrons. The minimum Gasteiger partial charge on any atom is -0.481 e. The number of hydrogen-bond acceptors (Lipinski definition) is 5. The zero-order valence-electron chi connectivity index (χ0n) is 10.1. The molecule has 0 saturated carbocycles. The average molecular weight is 252 g/mol. The number of carbonyl (C=O) groups excluding carboxylic acids is 2. The lowest BCUT2D eigenvalue weighted by molar-refractivity contribution is -0.125. The quantitative estimate of drug-likeness (QED) is 0.588. The van der Waals surface area contributed by atoms with Gasteiger partial charge in [-0.25, -0.2) is 4.98 Å². The molecule has 1 aromatic heterocycles. The summed E-state index contributed by atoms with van der Waals surface area (Å²) in [7, 11) is 1.52. The maximum Gasteiger partial charge on any atom is 0.239 e. The van der Waals surface area contributed by atoms with E-state index in [4.69, 9.17) is 10.5 Å². The standard InChI is InChI=1S/C11H16N4O3/c1-18-11-4-8(2-3-13-11)6-14-10(17)7-15-9(16)5-12/h2-4H,5-7,12H2,1H3,(H,14,17)(H,15,16). The highest BCUT2D eigenvalue weighted by molar-refractivity contribution is 5.85. The summed E-state index contributed by atoms with van der Waals surface area (Å²) in [6.07, 6.45) is 1.59. The number of carbonyl (C=O) groups is 2. The monoisotopic (exact) mass is 252 g/mol. The summed E-state index contributed by atoms with van der Waals surface area (Å²) in [5.41, 5.74) is 5.95. The minimum absolute atomic E-state index is 0.0851. The molecule has 2 amide bonds. The predicted octanol–water partition coefficient (Wildman–Crippen LogP) is -1.22. The van der Waals surface area contributed by atoms with Gasteiger partial charge in [0.25, 0.3) is 0 Å². The van der Waals surface area contributed by atoms with Gasteiger partial charge in [-0.3, -0.25) is 9.59 Å². The van der Waals surface area contributed by atoms with E-state index in [0.29, 0.717) is 12.4 Å². The van der Waals surface area contributed by atoms with Crippen molar-refractivity contribution in [2.24, 2.45) is 5.73 Å². The third kappa shape index (κ3) is 4.79. The highest BCUT2D eigenvalue weighted by atomic mass is 16.5. The van der Waals surface area contributed by atoms with Crippen molar-refractivity contribution in [1.82, 2.24) is 15.6 Å². The van der Waals surface area contributed by atoms with Crippen LogP contribution in [0.5, 0.6) is 5.88 Å². The first-order valence-corrected chi connectivity index (χ1v) is 5.38. The van der Waals surface area contributed by atoms with Crippen LogP contribution in [0.1, 0.15) is 5.56 Å². The van der Waals surface area contributed by atoms with Crippen LogP contribution >= 0.6 is 0 Å². The molecule has 0 saturated heterocycles. The number of pyridine rings is 1. The second kappa shape index (κ2) is 7.23. The van der Waals surface area contributed by atoms with Crippen LogP contribution in [0.3, 0.4) is 0 Å². The van der Waals surface area contributed by atoms with Gasteiger partial charge in [-0.1, -0.05) is 0 Å². The molecule has 0 aliphatic rings. The van der Waals surface area contributed by atoms with E-state index in [1.165, 1.54) is 7.11 Å². The van der Waals surface area contributed by atoms with Crippen molar-refractivity contribution >= 4 is 11.8 Å². The van der Waals surface area contributed by atoms with E-state index in [0.717, 1.165) is 5.56 Å². The van der Waals surface area contributed by atoms with E-state index >= 15 is 0 Å². The molecule has 0 atom stereocenters. The van der Waals surface area contributed by atoms with E-state index in [1.54, 1.807) is 18.3 Å². The molecule has 4 N–H and O–H groups in total. The molecule has 0 unspecified atom stereocenters. The van der Waals surface area contributed by atoms with Crippen molar-refractivity contribution in [2.75, 3.05) is 20.2 Å². The van der Waals surface area contributed by atoms with Crippen LogP contribution in [0.25, 0.3) is 0 Å². The molecule has 0 aromatic carbocycles. The molecule has 1 rings (SSSR count). The van der Waals surface area contributed by atoms with Crippen LogP contribution in [0.2, 0.25) is 0 Å². The number of nitrogens with zero attached hydrogens (tertiary/aromatic N) is 1. The molecule has 1 aromatic rings. The van der Waals surface area contributed by atoms with Crippen molar-refractivity contribution in [3.05, 3.63) is 23.9 Å². The van der Waals surface area contributed by atoms with Crippen LogP contribution in [0.15, 0.2) is 18.3 Å². The highest BCUT2D eigenvalue weighted by Gasteiger charge is 2.04. The van der Waals surface area contributed by atoms with Gasteiger partial charge in [0.2, 0.25) is 17.7 Å². The molecular formula is C11H16N4O3. The van der Waals surface area contributed by atoms with Crippen molar-refractivity contribution in [1.29, 1.82) is 0 Å². The first-order chi connectivity index (χ1) is 8.65. The van der Waals surface area contributed by atoms with Gasteiger partial charge < -0.3 is 21.1 Å². The maximum atomic E-state index is 11.4. The van der Waals surface area contributed by atoms with Gasteiger partial charge in [-0.15, -0.1) is 0 Å². The lowest BCUT2D eigenvalue weighted by Gasteiger charge is -2.07. The topological polar surface area (TPSA) is 106 Å². The van der Waals surface area contributed by atoms with E-state index < -0.39 is 0 Å². The Morgan fingerprint density at radius 3 is 2.83 bits per heavy atom. The van der Waals surface area contributed by atoms with E-state index in [2.05, 4.69) is 15.6 Å². The number of aromatic nitrogens is 1. The Morgan fingerprint density at radius 1 is 1.39 bits per heavy atom. The Hall–Kier alpha value is -2.15. The molecule has 0 spiro atoms. The third-order valence-corrected chi connectivity index (χ3v) is 2.13. The summed E-state index contributed by atoms with van der Waals surface area (Å²) in [5, 5.41) is 5.03. The van der Waals surface area contributed by atoms with Gasteiger partial charge >= 0.3 is 0 Å². The Kier molecular flexibility index (Phi) is 5.59. The van der Waals surface area contributed by atoms with Crippen molar-refractivity contribution in [3.8, 4) is 5.88 Å². The van der Waals surface area contributed by atoms with Crippen LogP contribution in [-0.4, -0.2) is 37.0 Å². The Labute approximate surface area is 105 Å². The first kappa shape index (κ1) is 13.9. The molecule has 98 valence electrons. The summed E-state index contributed by atoms with van der Waals surface area (Å²) in [4.78, 5) is 26.2. The molecule has 0 aliphatic heterocycles. The van der Waals surface area contributed by atoms with Crippen LogP contribution in [0, 0.1) is 0 Å². The summed E-state index contributed by atoms with van der Waals surface area (Å²) < 4.78 is 4.96. The number of amides is 2. The number of methoxy groups -OCH3 is 1. The molecule has 18 heavy (non-hydrogen) atoms. The van der Waals surface area contributed by atoms with Crippen molar-refractivity contribution in [2.45, 2.75) is 6.54 Å². The number of ether oxygens (including phenoxy) is 1. The first-order valence-electron chi connectivity index (χ1n) is 5.38. The van der Waals surface area contributed by atoms with Gasteiger partial charge in [-0.2, -0.15) is 0 Å². The van der Waals surface area contributed by atoms with Gasteiger partial charge in [0, 0.05) is 18.8 Å². The second-order valence-corrected chi connectivity index (χ2v) is 3.46. The van der Waals surface area contributed by atoms with Gasteiger partial charge in [0.05, 0.1) is 20.2 Å². The second-order valence-electron chi connectivity index (χ2n) is 3.46. The summed E-state index contributed by atoms with van der Waals surface area (Å²) in [6.45, 7) is 0.128. The maximum absolute atomic E-state index is 11.4. The van der Waals surface area contributed by atoms with Gasteiger partial charge in [0.1, 0.15) is 0 Å². The largest absolute Gasteiger partial charge is 0.481 e. The molecule has 0 aliphatic carbocycles. The highest BCUT2D eigenvalue weighted by Crippen LogP contribution is 2.07. The lowest BCUT2D eigenvalue weighted by Crippen LogP contribution is -2.39. The number of nitrogens with two attached hydrogens (primary N) is 1. The number of nitrogens with one attached hydrogen (secondary N) is 2. The SMILES string of the molecule is COc1cc(CNC(=O)CNC(=O)CN)ccn1. The van der Waals surface area contributed by atoms with E-state index in [9.17, 15) is 9.59 Å². The molecule has 7 heteroatoms. The summed E-state index contributed by atoms with van der Waals surface area (Å²) >= 11 is 0. The molecule has 1 heterocycles. The molecule has 0 fully saturated rings. The molecule has 7 nitrogen and oxygen atoms in total. The molecule has 0 bridgehead atoms. The Bertz CT molecular complexity index is 423. The Balaban J connectivity index is 2.35. The van der Waals surface area contributed by atoms with Gasteiger partial charge in [0.15, 0.2) is 0 Å². The minimum atomic E-state index is -0.365. The fourth-order valence-corrected chi connectivity index (χ4v) is 1.19. The molecular weight excluding hydrogens is 236 g/mol. The smallest absolute Gasteiger partial charge is 0.239 e. The van der Waals surface area contributed by atoms with Crippen LogP contribution in [0.4, 0.5) is 0 Å². The lowest BCUT2D eigenvalue weighted by atomic mass is 10.2. The van der Waals surface area contributed by atoms with Crippen LogP contribution < -0.4 is 21.1 Å². The van der Waals surface area contributed by atoms with E-state index in [1.807, 2.05) is 0 Å². The number of rotatable bonds is 6. The normalized spacial score (nSPS) is 9.67. The fourth-order valence-electron chi connectivity index (χ4n) is 1.19. The fraction of sp³-hybridized carbons (Fsp3) is 0.364. The Morgan fingerprint density at radius 2 is 2.17 bits per heavy atom. The van der Waals surface area contributed by atoms with Gasteiger partial charge in [-0.05, 0) is 11.6 Å². The van der Waals surface area contributed by atoms with Crippen molar-refractivity contribution in [3.63, 3.8) is 0 Å². The zero-order chi connectivity index (χ0) is 13.4. The predicted molar refractivity (Wildman–Crippen MR) is 64.7 cm³/mol. The number of hydrogen-bond donors (Lipinski definition) is 3. The van der Waals surface area contributed by atoms with E-state index in [-0.39, 0.29) is 24.9 Å². The third-order valence-electron chi connectivity index (χ3n) is 2.13. The van der Waals surface area contributed by atoms with Crippen molar-refractivity contribution < 1.29 is 14.3 Å². The summed E-state index contributed by atoms with van der Waals surface area (Å²) in [6, 6.07) is 3.49. The summed E-state index contributed by atoms with van der Waals surface area (Å²) in [5.74, 6) is -0.165. The zero-order valence-corrected chi connectivity index (χ0v) is 10.1. The average Bonchev–Trinajstić information content (AvgIpc) is 2.42.